The van der Waals surface area contributed by atoms with E-state index in [4.69, 9.17) is 0 Å². The zero-order valence-electron chi connectivity index (χ0n) is 14.6. The molecular formula is C17H24ClN5O2. The van der Waals surface area contributed by atoms with E-state index < -0.39 is 6.04 Å². The molecule has 3 N–H and O–H groups in total. The maximum absolute atomic E-state index is 12.3. The summed E-state index contributed by atoms with van der Waals surface area (Å²) in [4.78, 5) is 24.3. The molecule has 0 aliphatic rings. The Hall–Kier alpha value is -2.38. The lowest BCUT2D eigenvalue weighted by molar-refractivity contribution is -0.125. The number of hydrogen-bond acceptors (Lipinski definition) is 4. The lowest BCUT2D eigenvalue weighted by Crippen LogP contribution is -2.39. The van der Waals surface area contributed by atoms with Crippen molar-refractivity contribution in [3.05, 3.63) is 47.8 Å². The minimum absolute atomic E-state index is 0. The van der Waals surface area contributed by atoms with E-state index in [1.54, 1.807) is 31.2 Å². The Bertz CT molecular complexity index is 717. The van der Waals surface area contributed by atoms with Crippen LogP contribution in [-0.4, -0.2) is 35.2 Å². The number of aromatic nitrogens is 2. The summed E-state index contributed by atoms with van der Waals surface area (Å²) in [6.07, 6.45) is 4.28. The van der Waals surface area contributed by atoms with Crippen LogP contribution in [0.25, 0.3) is 0 Å². The highest BCUT2D eigenvalue weighted by atomic mass is 35.5. The van der Waals surface area contributed by atoms with Crippen LogP contribution in [0, 0.1) is 0 Å². The molecule has 2 aromatic rings. The predicted molar refractivity (Wildman–Crippen MR) is 99.7 cm³/mol. The number of nitrogens with zero attached hydrogens (tertiary/aromatic N) is 2. The molecule has 25 heavy (non-hydrogen) atoms. The van der Waals surface area contributed by atoms with Gasteiger partial charge in [-0.05, 0) is 31.2 Å². The molecule has 0 saturated heterocycles. The molecule has 0 spiro atoms. The average molecular weight is 366 g/mol. The maximum atomic E-state index is 12.3. The lowest BCUT2D eigenvalue weighted by atomic mass is 10.1. The van der Waals surface area contributed by atoms with Crippen molar-refractivity contribution >= 4 is 29.9 Å². The SMILES string of the molecule is CCc1cccc(NC(=O)CNC(=O)C(NC)c2cnn(C)c2)c1.Cl. The molecule has 0 bridgehead atoms. The first-order valence-corrected chi connectivity index (χ1v) is 7.85. The topological polar surface area (TPSA) is 88.1 Å². The number of rotatable bonds is 7. The number of nitrogens with one attached hydrogen (secondary N) is 3. The molecule has 1 heterocycles. The standard InChI is InChI=1S/C17H23N5O2.ClH/c1-4-12-6-5-7-14(8-12)21-15(23)10-19-17(24)16(18-2)13-9-20-22(3)11-13;/h5-9,11,16,18H,4,10H2,1-3H3,(H,19,24)(H,21,23);1H. The van der Waals surface area contributed by atoms with E-state index in [1.807, 2.05) is 24.3 Å². The summed E-state index contributed by atoms with van der Waals surface area (Å²) in [5, 5.41) is 12.4. The number of carbonyl (C=O) groups excluding carboxylic acids is 2. The van der Waals surface area contributed by atoms with Crippen LogP contribution in [0.15, 0.2) is 36.7 Å². The van der Waals surface area contributed by atoms with Gasteiger partial charge in [0.2, 0.25) is 11.8 Å². The third-order valence-corrected chi connectivity index (χ3v) is 3.65. The maximum Gasteiger partial charge on any atom is 0.243 e. The Labute approximate surface area is 153 Å². The molecule has 0 aliphatic heterocycles. The third-order valence-electron chi connectivity index (χ3n) is 3.65. The molecule has 8 heteroatoms. The molecule has 1 unspecified atom stereocenters. The van der Waals surface area contributed by atoms with Gasteiger partial charge in [0.25, 0.3) is 0 Å². The highest BCUT2D eigenvalue weighted by Gasteiger charge is 2.20. The Morgan fingerprint density at radius 1 is 1.32 bits per heavy atom. The smallest absolute Gasteiger partial charge is 0.243 e. The normalized spacial score (nSPS) is 11.3. The van der Waals surface area contributed by atoms with Gasteiger partial charge in [-0.2, -0.15) is 5.10 Å². The van der Waals surface area contributed by atoms with Crippen molar-refractivity contribution in [1.82, 2.24) is 20.4 Å². The van der Waals surface area contributed by atoms with Crippen molar-refractivity contribution in [3.8, 4) is 0 Å². The van der Waals surface area contributed by atoms with Gasteiger partial charge in [-0.15, -0.1) is 12.4 Å². The molecule has 0 aliphatic carbocycles. The van der Waals surface area contributed by atoms with Crippen molar-refractivity contribution in [2.45, 2.75) is 19.4 Å². The van der Waals surface area contributed by atoms with Crippen LogP contribution in [0.3, 0.4) is 0 Å². The quantitative estimate of drug-likeness (QED) is 0.692. The molecular weight excluding hydrogens is 342 g/mol. The first-order chi connectivity index (χ1) is 11.5. The summed E-state index contributed by atoms with van der Waals surface area (Å²) < 4.78 is 1.63. The molecule has 7 nitrogen and oxygen atoms in total. The van der Waals surface area contributed by atoms with Crippen LogP contribution in [0.1, 0.15) is 24.1 Å². The fourth-order valence-electron chi connectivity index (χ4n) is 2.38. The van der Waals surface area contributed by atoms with Gasteiger partial charge in [0.05, 0.1) is 12.7 Å². The van der Waals surface area contributed by atoms with E-state index in [2.05, 4.69) is 28.0 Å². The minimum atomic E-state index is -0.546. The number of likely N-dealkylation sites (N-methyl/N-ethyl adjacent to an activating group) is 1. The molecule has 0 radical (unpaired) electrons. The summed E-state index contributed by atoms with van der Waals surface area (Å²) in [6.45, 7) is 1.96. The van der Waals surface area contributed by atoms with E-state index in [0.29, 0.717) is 0 Å². The second-order valence-corrected chi connectivity index (χ2v) is 5.49. The van der Waals surface area contributed by atoms with Crippen LogP contribution in [0.5, 0.6) is 0 Å². The van der Waals surface area contributed by atoms with Crippen molar-refractivity contribution in [1.29, 1.82) is 0 Å². The number of anilines is 1. The number of halogens is 1. The van der Waals surface area contributed by atoms with E-state index in [-0.39, 0.29) is 30.8 Å². The summed E-state index contributed by atoms with van der Waals surface area (Å²) in [7, 11) is 3.47. The number of aryl methyl sites for hydroxylation is 2. The number of hydrogen-bond donors (Lipinski definition) is 3. The Balaban J connectivity index is 0.00000312. The molecule has 2 amide bonds. The summed E-state index contributed by atoms with van der Waals surface area (Å²) in [6, 6.07) is 7.10. The van der Waals surface area contributed by atoms with E-state index in [1.165, 1.54) is 0 Å². The summed E-state index contributed by atoms with van der Waals surface area (Å²) in [5.74, 6) is -0.541. The van der Waals surface area contributed by atoms with Gasteiger partial charge >= 0.3 is 0 Å². The van der Waals surface area contributed by atoms with Gasteiger partial charge in [-0.3, -0.25) is 14.3 Å². The van der Waals surface area contributed by atoms with Gasteiger partial charge in [-0.1, -0.05) is 19.1 Å². The van der Waals surface area contributed by atoms with Crippen LogP contribution in [0.4, 0.5) is 5.69 Å². The number of benzene rings is 1. The van der Waals surface area contributed by atoms with Crippen molar-refractivity contribution in [2.75, 3.05) is 18.9 Å². The van der Waals surface area contributed by atoms with Gasteiger partial charge in [0.1, 0.15) is 6.04 Å². The Morgan fingerprint density at radius 3 is 2.68 bits per heavy atom. The zero-order valence-corrected chi connectivity index (χ0v) is 15.4. The van der Waals surface area contributed by atoms with Gasteiger partial charge in [0, 0.05) is 24.5 Å². The van der Waals surface area contributed by atoms with Crippen molar-refractivity contribution in [3.63, 3.8) is 0 Å². The third kappa shape index (κ3) is 5.88. The van der Waals surface area contributed by atoms with Crippen LogP contribution in [-0.2, 0) is 23.1 Å². The van der Waals surface area contributed by atoms with Crippen molar-refractivity contribution in [2.24, 2.45) is 7.05 Å². The van der Waals surface area contributed by atoms with Crippen LogP contribution >= 0.6 is 12.4 Å². The van der Waals surface area contributed by atoms with Crippen LogP contribution in [0.2, 0.25) is 0 Å². The molecule has 136 valence electrons. The summed E-state index contributed by atoms with van der Waals surface area (Å²) in [5.41, 5.74) is 2.61. The minimum Gasteiger partial charge on any atom is -0.345 e. The number of amides is 2. The van der Waals surface area contributed by atoms with Crippen molar-refractivity contribution < 1.29 is 9.59 Å². The van der Waals surface area contributed by atoms with Gasteiger partial charge < -0.3 is 16.0 Å². The molecule has 0 saturated carbocycles. The fraction of sp³-hybridized carbons (Fsp3) is 0.353. The van der Waals surface area contributed by atoms with E-state index in [9.17, 15) is 9.59 Å². The second-order valence-electron chi connectivity index (χ2n) is 5.49. The summed E-state index contributed by atoms with van der Waals surface area (Å²) >= 11 is 0. The predicted octanol–water partition coefficient (Wildman–Crippen LogP) is 1.42. The van der Waals surface area contributed by atoms with Gasteiger partial charge in [0.15, 0.2) is 0 Å². The molecule has 1 atom stereocenters. The number of carbonyl (C=O) groups is 2. The zero-order chi connectivity index (χ0) is 17.5. The largest absolute Gasteiger partial charge is 0.345 e. The first-order valence-electron chi connectivity index (χ1n) is 7.85. The highest BCUT2D eigenvalue weighted by molar-refractivity contribution is 5.95. The van der Waals surface area contributed by atoms with Gasteiger partial charge in [-0.25, -0.2) is 0 Å². The van der Waals surface area contributed by atoms with E-state index >= 15 is 0 Å². The highest BCUT2D eigenvalue weighted by Crippen LogP contribution is 2.12. The molecule has 0 fully saturated rings. The molecule has 2 rings (SSSR count). The molecule has 1 aromatic heterocycles. The monoisotopic (exact) mass is 365 g/mol. The first kappa shape index (κ1) is 20.7. The van der Waals surface area contributed by atoms with E-state index in [0.717, 1.165) is 23.2 Å². The fourth-order valence-corrected chi connectivity index (χ4v) is 2.38. The Morgan fingerprint density at radius 2 is 2.08 bits per heavy atom. The average Bonchev–Trinajstić information content (AvgIpc) is 3.00. The second kappa shape index (κ2) is 9.80. The Kier molecular flexibility index (Phi) is 8.10. The van der Waals surface area contributed by atoms with Crippen LogP contribution < -0.4 is 16.0 Å². The molecule has 1 aromatic carbocycles. The lowest BCUT2D eigenvalue weighted by Gasteiger charge is -2.14.